The van der Waals surface area contributed by atoms with Crippen LogP contribution in [0.15, 0.2) is 119 Å². The number of esters is 2. The van der Waals surface area contributed by atoms with E-state index in [0.717, 1.165) is 61.4 Å². The van der Waals surface area contributed by atoms with Gasteiger partial charge in [-0.1, -0.05) is 92.2 Å². The van der Waals surface area contributed by atoms with Gasteiger partial charge in [0.05, 0.1) is 18.6 Å². The van der Waals surface area contributed by atoms with Gasteiger partial charge < -0.3 is 14.4 Å². The first-order chi connectivity index (χ1) is 26.4. The first kappa shape index (κ1) is 38.3. The van der Waals surface area contributed by atoms with Gasteiger partial charge in [0.1, 0.15) is 0 Å². The third-order valence-corrected chi connectivity index (χ3v) is 12.0. The van der Waals surface area contributed by atoms with Gasteiger partial charge in [-0.05, 0) is 96.0 Å². The molecule has 1 aliphatic carbocycles. The van der Waals surface area contributed by atoms with Crippen LogP contribution in [0.3, 0.4) is 0 Å². The number of nitrogens with zero attached hydrogens (tertiary/aromatic N) is 2. The highest BCUT2D eigenvalue weighted by atomic mass is 35.5. The summed E-state index contributed by atoms with van der Waals surface area (Å²) in [6.45, 7) is 14.4. The van der Waals surface area contributed by atoms with Crippen molar-refractivity contribution in [1.82, 2.24) is 0 Å². The second-order valence-electron chi connectivity index (χ2n) is 16.0. The van der Waals surface area contributed by atoms with Crippen LogP contribution in [0.2, 0.25) is 0 Å². The van der Waals surface area contributed by atoms with Crippen molar-refractivity contribution in [1.29, 1.82) is 0 Å². The molecule has 0 bridgehead atoms. The molecule has 0 N–H and O–H groups in total. The molecule has 284 valence electrons. The first-order valence-corrected chi connectivity index (χ1v) is 20.0. The summed E-state index contributed by atoms with van der Waals surface area (Å²) in [5.41, 5.74) is 9.21. The van der Waals surface area contributed by atoms with Gasteiger partial charge in [0, 0.05) is 66.4 Å². The van der Waals surface area contributed by atoms with Gasteiger partial charge in [-0.2, -0.15) is 4.58 Å². The van der Waals surface area contributed by atoms with E-state index in [1.165, 1.54) is 69.3 Å². The summed E-state index contributed by atoms with van der Waals surface area (Å²) in [5.74, 6) is -0.505. The summed E-state index contributed by atoms with van der Waals surface area (Å²) in [7, 11) is 0. The number of halogens is 1. The predicted octanol–water partition coefficient (Wildman–Crippen LogP) is 11.1. The minimum absolute atomic E-state index is 0.253. The zero-order valence-corrected chi connectivity index (χ0v) is 33.8. The number of fused-ring (bicyclic) bond motifs is 6. The van der Waals surface area contributed by atoms with Crippen molar-refractivity contribution in [3.05, 3.63) is 130 Å². The van der Waals surface area contributed by atoms with Gasteiger partial charge in [-0.3, -0.25) is 9.59 Å². The number of anilines is 1. The largest absolute Gasteiger partial charge is 0.466 e. The van der Waals surface area contributed by atoms with Crippen molar-refractivity contribution in [3.63, 3.8) is 0 Å². The highest BCUT2D eigenvalue weighted by Gasteiger charge is 2.45. The van der Waals surface area contributed by atoms with Crippen LogP contribution in [-0.4, -0.2) is 48.5 Å². The number of hydrogen-bond donors (Lipinski definition) is 0. The van der Waals surface area contributed by atoms with Crippen LogP contribution in [0.1, 0.15) is 84.8 Å². The monoisotopic (exact) mass is 755 g/mol. The van der Waals surface area contributed by atoms with E-state index in [4.69, 9.17) is 21.1 Å². The lowest BCUT2D eigenvalue weighted by atomic mass is 9.78. The molecular weight excluding hydrogens is 704 g/mol. The molecule has 7 rings (SSSR count). The van der Waals surface area contributed by atoms with Crippen molar-refractivity contribution >= 4 is 62.2 Å². The van der Waals surface area contributed by atoms with Crippen LogP contribution < -0.4 is 4.90 Å². The Kier molecular flexibility index (Phi) is 10.9. The predicted molar refractivity (Wildman–Crippen MR) is 226 cm³/mol. The Morgan fingerprint density at radius 3 is 2.09 bits per heavy atom. The maximum Gasteiger partial charge on any atom is 0.302 e. The van der Waals surface area contributed by atoms with Crippen molar-refractivity contribution in [2.75, 3.05) is 31.2 Å². The molecule has 0 amide bonds. The molecule has 4 aromatic carbocycles. The van der Waals surface area contributed by atoms with Gasteiger partial charge in [0.15, 0.2) is 12.3 Å². The summed E-state index contributed by atoms with van der Waals surface area (Å²) in [6.07, 6.45) is 13.3. The lowest BCUT2D eigenvalue weighted by molar-refractivity contribution is -0.438. The molecule has 55 heavy (non-hydrogen) atoms. The Bertz CT molecular complexity index is 2340. The smallest absolute Gasteiger partial charge is 0.302 e. The second kappa shape index (κ2) is 15.7. The van der Waals surface area contributed by atoms with E-state index in [1.807, 2.05) is 0 Å². The van der Waals surface area contributed by atoms with E-state index >= 15 is 0 Å². The summed E-state index contributed by atoms with van der Waals surface area (Å²) >= 11 is 7.33. The lowest BCUT2D eigenvalue weighted by Crippen LogP contribution is -2.28. The average molecular weight is 756 g/mol. The Morgan fingerprint density at radius 1 is 0.764 bits per heavy atom. The molecular formula is C48H52ClN2O4+. The van der Waals surface area contributed by atoms with Gasteiger partial charge >= 0.3 is 11.9 Å². The standard InChI is InChI=1S/C48H52ClN2O4/c1-32(52)54-30-12-28-50-40-24-20-34-14-7-9-18-38(34)44(40)47(3,4)42(50)26-22-36-16-11-17-37(46(36)49)23-27-43-48(5,6)45-39-19-10-8-15-35(39)21-25-41(45)51(43)29-13-31-55-33(2)53/h7-10,14-15,18-27H,11-13,16-17,28-31H2,1-6H3/q+1. The van der Waals surface area contributed by atoms with E-state index in [2.05, 4.69) is 134 Å². The zero-order valence-electron chi connectivity index (χ0n) is 33.0. The number of carbonyl (C=O) groups is 2. The van der Waals surface area contributed by atoms with Crippen LogP contribution in [0.4, 0.5) is 11.4 Å². The van der Waals surface area contributed by atoms with Crippen LogP contribution >= 0.6 is 11.6 Å². The Labute approximate surface area is 330 Å². The highest BCUT2D eigenvalue weighted by molar-refractivity contribution is 6.32. The van der Waals surface area contributed by atoms with Crippen molar-refractivity contribution in [3.8, 4) is 0 Å². The van der Waals surface area contributed by atoms with Gasteiger partial charge in [-0.25, -0.2) is 0 Å². The van der Waals surface area contributed by atoms with E-state index in [0.29, 0.717) is 13.2 Å². The average Bonchev–Trinajstić information content (AvgIpc) is 3.52. The summed E-state index contributed by atoms with van der Waals surface area (Å²) in [4.78, 5) is 25.5. The molecule has 7 heteroatoms. The SMILES string of the molecule is CC(=O)OCCCN1/C(=C/C=C2\CCCC(/C=C/C3=[N+](CCCOC(C)=O)c4ccc5ccccc5c4C3(C)C)=C2Cl)C(C)(C)c2c1ccc1ccccc21. The Morgan fingerprint density at radius 2 is 1.40 bits per heavy atom. The van der Waals surface area contributed by atoms with Crippen LogP contribution in [0, 0.1) is 0 Å². The number of ether oxygens (including phenoxy) is 2. The molecule has 0 unspecified atom stereocenters. The molecule has 4 aromatic rings. The normalized spacial score (nSPS) is 18.9. The topological polar surface area (TPSA) is 58.9 Å². The fourth-order valence-corrected chi connectivity index (χ4v) is 9.31. The minimum atomic E-state index is -0.259. The molecule has 0 saturated heterocycles. The fourth-order valence-electron chi connectivity index (χ4n) is 9.00. The Balaban J connectivity index is 1.24. The van der Waals surface area contributed by atoms with E-state index in [9.17, 15) is 9.59 Å². The highest BCUT2D eigenvalue weighted by Crippen LogP contribution is 2.51. The number of allylic oxidation sites excluding steroid dienone is 8. The molecule has 0 fully saturated rings. The molecule has 3 aliphatic rings. The zero-order chi connectivity index (χ0) is 38.9. The van der Waals surface area contributed by atoms with Crippen molar-refractivity contribution in [2.45, 2.75) is 84.5 Å². The molecule has 0 spiro atoms. The van der Waals surface area contributed by atoms with Gasteiger partial charge in [0.2, 0.25) is 5.69 Å². The number of benzene rings is 4. The molecule has 0 saturated carbocycles. The third kappa shape index (κ3) is 7.41. The Hall–Kier alpha value is -4.94. The first-order valence-electron chi connectivity index (χ1n) is 19.6. The maximum absolute atomic E-state index is 11.5. The summed E-state index contributed by atoms with van der Waals surface area (Å²) in [6, 6.07) is 26.1. The van der Waals surface area contributed by atoms with E-state index in [1.54, 1.807) is 0 Å². The second-order valence-corrected chi connectivity index (χ2v) is 16.3. The fraction of sp³-hybridized carbons (Fsp3) is 0.354. The number of hydrogen-bond acceptors (Lipinski definition) is 5. The minimum Gasteiger partial charge on any atom is -0.466 e. The van der Waals surface area contributed by atoms with E-state index < -0.39 is 0 Å². The van der Waals surface area contributed by atoms with E-state index in [-0.39, 0.29) is 22.8 Å². The molecule has 0 atom stereocenters. The van der Waals surface area contributed by atoms with Gasteiger partial charge in [-0.15, -0.1) is 0 Å². The van der Waals surface area contributed by atoms with Crippen LogP contribution in [-0.2, 0) is 29.9 Å². The third-order valence-electron chi connectivity index (χ3n) is 11.5. The van der Waals surface area contributed by atoms with Crippen molar-refractivity contribution < 1.29 is 23.6 Å². The number of rotatable bonds is 11. The lowest BCUT2D eigenvalue weighted by Gasteiger charge is -2.27. The number of carbonyl (C=O) groups excluding carboxylic acids is 2. The molecule has 0 aromatic heterocycles. The molecule has 0 radical (unpaired) electrons. The quantitative estimate of drug-likeness (QED) is 0.0867. The van der Waals surface area contributed by atoms with Crippen LogP contribution in [0.25, 0.3) is 21.5 Å². The molecule has 2 heterocycles. The summed E-state index contributed by atoms with van der Waals surface area (Å²) < 4.78 is 13.1. The summed E-state index contributed by atoms with van der Waals surface area (Å²) in [5, 5.41) is 5.80. The van der Waals surface area contributed by atoms with Crippen molar-refractivity contribution in [2.24, 2.45) is 0 Å². The molecule has 6 nitrogen and oxygen atoms in total. The molecule has 2 aliphatic heterocycles. The van der Waals surface area contributed by atoms with Crippen LogP contribution in [0.5, 0.6) is 0 Å². The maximum atomic E-state index is 11.5. The van der Waals surface area contributed by atoms with Gasteiger partial charge in [0.25, 0.3) is 0 Å².